The third-order valence-corrected chi connectivity index (χ3v) is 3.81. The summed E-state index contributed by atoms with van der Waals surface area (Å²) in [6.45, 7) is 5.75. The summed E-state index contributed by atoms with van der Waals surface area (Å²) in [4.78, 5) is 28.4. The summed E-state index contributed by atoms with van der Waals surface area (Å²) in [5.41, 5.74) is 0.945. The van der Waals surface area contributed by atoms with Gasteiger partial charge in [0.25, 0.3) is 0 Å². The van der Waals surface area contributed by atoms with E-state index in [-0.39, 0.29) is 17.0 Å². The molecule has 0 aliphatic heterocycles. The standard InChI is InChI=1S/C17H17NO4/c1-10-14-12(19)7-17(2,3)8-13(14)22-15(10)16(20)21-11-5-4-6-18-9-11/h4-6,9H,7-8H2,1-3H3. The molecule has 0 amide bonds. The fourth-order valence-electron chi connectivity index (χ4n) is 2.84. The monoisotopic (exact) mass is 299 g/mol. The molecule has 3 rings (SSSR count). The van der Waals surface area contributed by atoms with Crippen molar-refractivity contribution in [2.45, 2.75) is 33.6 Å². The van der Waals surface area contributed by atoms with E-state index in [9.17, 15) is 9.59 Å². The highest BCUT2D eigenvalue weighted by Gasteiger charge is 2.37. The third kappa shape index (κ3) is 2.54. The molecule has 2 heterocycles. The van der Waals surface area contributed by atoms with Crippen LogP contribution in [0.2, 0.25) is 0 Å². The molecular formula is C17H17NO4. The van der Waals surface area contributed by atoms with Gasteiger partial charge in [0, 0.05) is 24.6 Å². The summed E-state index contributed by atoms with van der Waals surface area (Å²) in [6.07, 6.45) is 4.13. The van der Waals surface area contributed by atoms with E-state index in [2.05, 4.69) is 4.98 Å². The number of pyridine rings is 1. The second kappa shape index (κ2) is 5.09. The van der Waals surface area contributed by atoms with Gasteiger partial charge in [0.1, 0.15) is 11.5 Å². The molecule has 5 nitrogen and oxygen atoms in total. The number of hydrogen-bond acceptors (Lipinski definition) is 5. The molecule has 0 saturated heterocycles. The van der Waals surface area contributed by atoms with Crippen molar-refractivity contribution >= 4 is 11.8 Å². The minimum Gasteiger partial charge on any atom is -0.453 e. The molecule has 0 radical (unpaired) electrons. The van der Waals surface area contributed by atoms with Crippen LogP contribution >= 0.6 is 0 Å². The SMILES string of the molecule is Cc1c(C(=O)Oc2cccnc2)oc2c1C(=O)CC(C)(C)C2. The summed E-state index contributed by atoms with van der Waals surface area (Å²) in [5.74, 6) is 0.433. The van der Waals surface area contributed by atoms with Crippen molar-refractivity contribution in [1.82, 2.24) is 4.98 Å². The second-order valence-corrected chi connectivity index (χ2v) is 6.37. The van der Waals surface area contributed by atoms with Crippen LogP contribution in [0.5, 0.6) is 5.75 Å². The molecular weight excluding hydrogens is 282 g/mol. The van der Waals surface area contributed by atoms with Gasteiger partial charge in [-0.05, 0) is 24.5 Å². The average Bonchev–Trinajstić information content (AvgIpc) is 2.75. The molecule has 2 aromatic heterocycles. The lowest BCUT2D eigenvalue weighted by Crippen LogP contribution is -2.26. The Morgan fingerprint density at radius 1 is 1.36 bits per heavy atom. The first kappa shape index (κ1) is 14.5. The van der Waals surface area contributed by atoms with Crippen molar-refractivity contribution in [1.29, 1.82) is 0 Å². The maximum absolute atomic E-state index is 12.3. The zero-order chi connectivity index (χ0) is 15.9. The molecule has 0 fully saturated rings. The number of fused-ring (bicyclic) bond motifs is 1. The maximum Gasteiger partial charge on any atom is 0.379 e. The molecule has 114 valence electrons. The van der Waals surface area contributed by atoms with Crippen LogP contribution in [0.15, 0.2) is 28.9 Å². The lowest BCUT2D eigenvalue weighted by Gasteiger charge is -2.27. The van der Waals surface area contributed by atoms with Gasteiger partial charge in [0.15, 0.2) is 5.78 Å². The summed E-state index contributed by atoms with van der Waals surface area (Å²) in [6, 6.07) is 3.31. The van der Waals surface area contributed by atoms with Gasteiger partial charge in [-0.2, -0.15) is 0 Å². The largest absolute Gasteiger partial charge is 0.453 e. The summed E-state index contributed by atoms with van der Waals surface area (Å²) >= 11 is 0. The van der Waals surface area contributed by atoms with Crippen molar-refractivity contribution in [2.24, 2.45) is 5.41 Å². The van der Waals surface area contributed by atoms with Gasteiger partial charge >= 0.3 is 5.97 Å². The van der Waals surface area contributed by atoms with E-state index in [4.69, 9.17) is 9.15 Å². The number of Topliss-reactive ketones (excluding diaryl/α,β-unsaturated/α-hetero) is 1. The molecule has 0 saturated carbocycles. The molecule has 0 aromatic carbocycles. The number of esters is 1. The minimum atomic E-state index is -0.606. The Balaban J connectivity index is 1.93. The number of rotatable bonds is 2. The van der Waals surface area contributed by atoms with Crippen LogP contribution < -0.4 is 4.74 Å². The van der Waals surface area contributed by atoms with Gasteiger partial charge in [-0.1, -0.05) is 13.8 Å². The fraction of sp³-hybridized carbons (Fsp3) is 0.353. The quantitative estimate of drug-likeness (QED) is 0.795. The highest BCUT2D eigenvalue weighted by molar-refractivity contribution is 6.03. The molecule has 0 spiro atoms. The molecule has 22 heavy (non-hydrogen) atoms. The van der Waals surface area contributed by atoms with Crippen molar-refractivity contribution < 1.29 is 18.7 Å². The van der Waals surface area contributed by atoms with Crippen LogP contribution in [0.3, 0.4) is 0 Å². The lowest BCUT2D eigenvalue weighted by molar-refractivity contribution is 0.0694. The topological polar surface area (TPSA) is 69.4 Å². The number of hydrogen-bond donors (Lipinski definition) is 0. The zero-order valence-corrected chi connectivity index (χ0v) is 12.8. The highest BCUT2D eigenvalue weighted by atomic mass is 16.5. The Labute approximate surface area is 128 Å². The molecule has 2 aromatic rings. The van der Waals surface area contributed by atoms with E-state index in [1.54, 1.807) is 25.3 Å². The summed E-state index contributed by atoms with van der Waals surface area (Å²) < 4.78 is 10.9. The fourth-order valence-corrected chi connectivity index (χ4v) is 2.84. The van der Waals surface area contributed by atoms with E-state index in [1.165, 1.54) is 6.20 Å². The molecule has 0 unspecified atom stereocenters. The molecule has 1 aliphatic carbocycles. The number of aromatic nitrogens is 1. The Bertz CT molecular complexity index is 744. The zero-order valence-electron chi connectivity index (χ0n) is 12.8. The average molecular weight is 299 g/mol. The molecule has 0 bridgehead atoms. The molecule has 5 heteroatoms. The van der Waals surface area contributed by atoms with Crippen LogP contribution in [-0.2, 0) is 6.42 Å². The Morgan fingerprint density at radius 3 is 2.82 bits per heavy atom. The number of carbonyl (C=O) groups excluding carboxylic acids is 2. The van der Waals surface area contributed by atoms with Crippen molar-refractivity contribution in [3.63, 3.8) is 0 Å². The summed E-state index contributed by atoms with van der Waals surface area (Å²) in [7, 11) is 0. The van der Waals surface area contributed by atoms with Crippen LogP contribution in [0.4, 0.5) is 0 Å². The van der Waals surface area contributed by atoms with E-state index in [0.29, 0.717) is 35.5 Å². The first-order valence-electron chi connectivity index (χ1n) is 7.15. The van der Waals surface area contributed by atoms with Crippen LogP contribution in [-0.4, -0.2) is 16.7 Å². The van der Waals surface area contributed by atoms with Gasteiger partial charge in [-0.15, -0.1) is 0 Å². The number of ether oxygens (including phenoxy) is 1. The van der Waals surface area contributed by atoms with Crippen LogP contribution in [0, 0.1) is 12.3 Å². The van der Waals surface area contributed by atoms with E-state index in [1.807, 2.05) is 13.8 Å². The van der Waals surface area contributed by atoms with Gasteiger partial charge in [0.2, 0.25) is 5.76 Å². The number of carbonyl (C=O) groups is 2. The highest BCUT2D eigenvalue weighted by Crippen LogP contribution is 2.38. The van der Waals surface area contributed by atoms with E-state index < -0.39 is 5.97 Å². The minimum absolute atomic E-state index is 0.0212. The number of ketones is 1. The molecule has 0 N–H and O–H groups in total. The van der Waals surface area contributed by atoms with Crippen molar-refractivity contribution in [3.8, 4) is 5.75 Å². The van der Waals surface area contributed by atoms with Crippen LogP contribution in [0.1, 0.15) is 52.5 Å². The summed E-state index contributed by atoms with van der Waals surface area (Å²) in [5, 5.41) is 0. The van der Waals surface area contributed by atoms with E-state index in [0.717, 1.165) is 0 Å². The van der Waals surface area contributed by atoms with Gasteiger partial charge < -0.3 is 9.15 Å². The number of furan rings is 1. The Kier molecular flexibility index (Phi) is 3.35. The number of nitrogens with zero attached hydrogens (tertiary/aromatic N) is 1. The first-order valence-corrected chi connectivity index (χ1v) is 7.15. The van der Waals surface area contributed by atoms with Gasteiger partial charge in [-0.25, -0.2) is 4.79 Å². The Morgan fingerprint density at radius 2 is 2.14 bits per heavy atom. The third-order valence-electron chi connectivity index (χ3n) is 3.81. The van der Waals surface area contributed by atoms with Gasteiger partial charge in [0.05, 0.1) is 11.8 Å². The predicted octanol–water partition coefficient (Wildman–Crippen LogP) is 3.36. The van der Waals surface area contributed by atoms with Crippen LogP contribution in [0.25, 0.3) is 0 Å². The molecule has 1 aliphatic rings. The predicted molar refractivity (Wildman–Crippen MR) is 79.1 cm³/mol. The Hall–Kier alpha value is -2.43. The smallest absolute Gasteiger partial charge is 0.379 e. The van der Waals surface area contributed by atoms with Crippen molar-refractivity contribution in [2.75, 3.05) is 0 Å². The normalized spacial score (nSPS) is 16.2. The second-order valence-electron chi connectivity index (χ2n) is 6.37. The first-order chi connectivity index (χ1) is 10.4. The molecule has 0 atom stereocenters. The lowest BCUT2D eigenvalue weighted by atomic mass is 9.76. The van der Waals surface area contributed by atoms with Crippen molar-refractivity contribution in [3.05, 3.63) is 47.2 Å². The maximum atomic E-state index is 12.3. The van der Waals surface area contributed by atoms with Gasteiger partial charge in [-0.3, -0.25) is 9.78 Å². The van der Waals surface area contributed by atoms with E-state index >= 15 is 0 Å².